The average Bonchev–Trinajstić information content (AvgIpc) is 3.17. The minimum Gasteiger partial charge on any atom is -0.411 e. The van der Waals surface area contributed by atoms with Gasteiger partial charge in [-0.05, 0) is 24.3 Å². The topological polar surface area (TPSA) is 79.1 Å². The summed E-state index contributed by atoms with van der Waals surface area (Å²) < 4.78 is 1.65. The van der Waals surface area contributed by atoms with E-state index < -0.39 is 0 Å². The van der Waals surface area contributed by atoms with E-state index in [1.807, 2.05) is 48.7 Å². The largest absolute Gasteiger partial charge is 0.411 e. The summed E-state index contributed by atoms with van der Waals surface area (Å²) in [7, 11) is 0. The normalized spacial score (nSPS) is 11.7. The lowest BCUT2D eigenvalue weighted by atomic mass is 10.1. The molecule has 0 spiro atoms. The molecule has 100 valence electrons. The van der Waals surface area contributed by atoms with Crippen molar-refractivity contribution in [3.05, 3.63) is 66.2 Å². The monoisotopic (exact) mass is 267 g/mol. The highest BCUT2D eigenvalue weighted by atomic mass is 16.4. The van der Waals surface area contributed by atoms with Gasteiger partial charge in [0.1, 0.15) is 11.4 Å². The van der Waals surface area contributed by atoms with E-state index in [9.17, 15) is 0 Å². The van der Waals surface area contributed by atoms with Crippen molar-refractivity contribution in [1.29, 1.82) is 0 Å². The highest BCUT2D eigenvalue weighted by molar-refractivity contribution is 5.99. The summed E-state index contributed by atoms with van der Waals surface area (Å²) in [4.78, 5) is 3.06. The van der Waals surface area contributed by atoms with Gasteiger partial charge in [0.25, 0.3) is 0 Å². The highest BCUT2D eigenvalue weighted by Crippen LogP contribution is 2.08. The zero-order chi connectivity index (χ0) is 13.8. The Morgan fingerprint density at radius 3 is 2.75 bits per heavy atom. The lowest BCUT2D eigenvalue weighted by molar-refractivity contribution is 0.318. The van der Waals surface area contributed by atoms with Crippen molar-refractivity contribution in [2.24, 2.45) is 5.16 Å². The molecule has 3 aromatic rings. The number of benzene rings is 1. The number of rotatable bonds is 4. The van der Waals surface area contributed by atoms with Gasteiger partial charge in [-0.3, -0.25) is 0 Å². The van der Waals surface area contributed by atoms with Crippen molar-refractivity contribution < 1.29 is 5.21 Å². The Hall–Kier alpha value is -2.89. The molecule has 0 saturated carbocycles. The first kappa shape index (κ1) is 12.2. The van der Waals surface area contributed by atoms with Crippen LogP contribution in [0.2, 0.25) is 0 Å². The zero-order valence-corrected chi connectivity index (χ0v) is 10.6. The zero-order valence-electron chi connectivity index (χ0n) is 10.6. The maximum Gasteiger partial charge on any atom is 0.131 e. The molecule has 0 atom stereocenters. The number of aromatic nitrogens is 4. The van der Waals surface area contributed by atoms with Crippen molar-refractivity contribution in [1.82, 2.24) is 20.0 Å². The third-order valence-electron chi connectivity index (χ3n) is 2.95. The molecule has 20 heavy (non-hydrogen) atoms. The fraction of sp³-hybridized carbons (Fsp3) is 0.0714. The van der Waals surface area contributed by atoms with Crippen molar-refractivity contribution in [3.8, 4) is 5.69 Å². The molecule has 0 unspecified atom stereocenters. The Bertz CT molecular complexity index is 700. The number of oxime groups is 1. The van der Waals surface area contributed by atoms with Gasteiger partial charge in [-0.2, -0.15) is 0 Å². The van der Waals surface area contributed by atoms with E-state index in [0.717, 1.165) is 11.4 Å². The van der Waals surface area contributed by atoms with Crippen LogP contribution in [0.3, 0.4) is 0 Å². The van der Waals surface area contributed by atoms with Crippen molar-refractivity contribution in [3.63, 3.8) is 0 Å². The summed E-state index contributed by atoms with van der Waals surface area (Å²) in [6, 6.07) is 13.5. The Labute approximate surface area is 115 Å². The first-order chi connectivity index (χ1) is 9.86. The number of para-hydroxylation sites is 1. The predicted molar refractivity (Wildman–Crippen MR) is 74.2 cm³/mol. The molecular weight excluding hydrogens is 254 g/mol. The van der Waals surface area contributed by atoms with Crippen molar-refractivity contribution >= 4 is 5.71 Å². The molecule has 0 aliphatic heterocycles. The molecule has 2 heterocycles. The lowest BCUT2D eigenvalue weighted by Gasteiger charge is -1.99. The van der Waals surface area contributed by atoms with Crippen LogP contribution in [0.1, 0.15) is 11.4 Å². The van der Waals surface area contributed by atoms with E-state index in [1.165, 1.54) is 0 Å². The van der Waals surface area contributed by atoms with Gasteiger partial charge in [-0.25, -0.2) is 4.68 Å². The standard InChI is InChI=1S/C14H13N5O/c20-17-13(9-11-5-4-8-15-11)14-10-19(18-16-14)12-6-2-1-3-7-12/h1-8,10,15,20H,9H2/b17-13+. The molecule has 0 aliphatic rings. The Morgan fingerprint density at radius 1 is 1.20 bits per heavy atom. The molecule has 0 amide bonds. The SMILES string of the molecule is O/N=C(\Cc1ccc[nH]1)c1cn(-c2ccccc2)nn1. The summed E-state index contributed by atoms with van der Waals surface area (Å²) >= 11 is 0. The average molecular weight is 267 g/mol. The molecule has 0 saturated heterocycles. The molecule has 1 aromatic carbocycles. The second-order valence-electron chi connectivity index (χ2n) is 4.30. The number of nitrogens with one attached hydrogen (secondary N) is 1. The number of hydrogen-bond donors (Lipinski definition) is 2. The second-order valence-corrected chi connectivity index (χ2v) is 4.30. The number of nitrogens with zero attached hydrogens (tertiary/aromatic N) is 4. The highest BCUT2D eigenvalue weighted by Gasteiger charge is 2.11. The molecule has 2 N–H and O–H groups in total. The molecule has 6 heteroatoms. The fourth-order valence-corrected chi connectivity index (χ4v) is 1.94. The van der Waals surface area contributed by atoms with E-state index in [2.05, 4.69) is 20.5 Å². The van der Waals surface area contributed by atoms with Gasteiger partial charge in [-0.1, -0.05) is 28.6 Å². The molecule has 3 rings (SSSR count). The van der Waals surface area contributed by atoms with Crippen LogP contribution >= 0.6 is 0 Å². The Kier molecular flexibility index (Phi) is 3.28. The molecular formula is C14H13N5O. The van der Waals surface area contributed by atoms with Crippen LogP contribution in [-0.4, -0.2) is 30.9 Å². The summed E-state index contributed by atoms with van der Waals surface area (Å²) in [5.41, 5.74) is 2.87. The number of aromatic amines is 1. The molecule has 6 nitrogen and oxygen atoms in total. The smallest absolute Gasteiger partial charge is 0.131 e. The third kappa shape index (κ3) is 2.44. The van der Waals surface area contributed by atoms with Gasteiger partial charge in [-0.15, -0.1) is 5.10 Å². The summed E-state index contributed by atoms with van der Waals surface area (Å²) in [6.45, 7) is 0. The van der Waals surface area contributed by atoms with Gasteiger partial charge < -0.3 is 10.2 Å². The van der Waals surface area contributed by atoms with Crippen molar-refractivity contribution in [2.45, 2.75) is 6.42 Å². The van der Waals surface area contributed by atoms with Crippen LogP contribution in [0.25, 0.3) is 5.69 Å². The van der Waals surface area contributed by atoms with Crippen LogP contribution in [0.4, 0.5) is 0 Å². The Morgan fingerprint density at radius 2 is 2.05 bits per heavy atom. The van der Waals surface area contributed by atoms with Crippen LogP contribution in [-0.2, 0) is 6.42 Å². The minimum atomic E-state index is 0.467. The summed E-state index contributed by atoms with van der Waals surface area (Å²) in [6.07, 6.45) is 4.04. The first-order valence-corrected chi connectivity index (χ1v) is 6.18. The molecule has 2 aromatic heterocycles. The molecule has 0 bridgehead atoms. The molecule has 0 radical (unpaired) electrons. The minimum absolute atomic E-state index is 0.467. The van der Waals surface area contributed by atoms with Crippen LogP contribution in [0.5, 0.6) is 0 Å². The van der Waals surface area contributed by atoms with Crippen molar-refractivity contribution in [2.75, 3.05) is 0 Å². The Balaban J connectivity index is 1.85. The van der Waals surface area contributed by atoms with Crippen LogP contribution in [0, 0.1) is 0 Å². The van der Waals surface area contributed by atoms with E-state index in [0.29, 0.717) is 17.8 Å². The second kappa shape index (κ2) is 5.40. The van der Waals surface area contributed by atoms with E-state index in [-0.39, 0.29) is 0 Å². The molecule has 0 aliphatic carbocycles. The summed E-state index contributed by atoms with van der Waals surface area (Å²) in [5.74, 6) is 0. The van der Waals surface area contributed by atoms with Gasteiger partial charge in [0.05, 0.1) is 11.9 Å². The quantitative estimate of drug-likeness (QED) is 0.431. The third-order valence-corrected chi connectivity index (χ3v) is 2.95. The van der Waals surface area contributed by atoms with Crippen LogP contribution in [0.15, 0.2) is 60.0 Å². The van der Waals surface area contributed by atoms with Gasteiger partial charge in [0, 0.05) is 18.3 Å². The summed E-state index contributed by atoms with van der Waals surface area (Å²) in [5, 5.41) is 20.6. The van der Waals surface area contributed by atoms with E-state index >= 15 is 0 Å². The fourth-order valence-electron chi connectivity index (χ4n) is 1.94. The van der Waals surface area contributed by atoms with E-state index in [4.69, 9.17) is 5.21 Å². The van der Waals surface area contributed by atoms with E-state index in [1.54, 1.807) is 10.9 Å². The first-order valence-electron chi connectivity index (χ1n) is 6.18. The molecule has 0 fully saturated rings. The van der Waals surface area contributed by atoms with Gasteiger partial charge >= 0.3 is 0 Å². The number of H-pyrrole nitrogens is 1. The predicted octanol–water partition coefficient (Wildman–Crippen LogP) is 2.02. The lowest BCUT2D eigenvalue weighted by Crippen LogP contribution is -2.06. The van der Waals surface area contributed by atoms with Crippen LogP contribution < -0.4 is 0 Å². The number of hydrogen-bond acceptors (Lipinski definition) is 4. The van der Waals surface area contributed by atoms with Gasteiger partial charge in [0.15, 0.2) is 0 Å². The maximum atomic E-state index is 9.16. The maximum absolute atomic E-state index is 9.16. The van der Waals surface area contributed by atoms with Gasteiger partial charge in [0.2, 0.25) is 0 Å².